The highest BCUT2D eigenvalue weighted by atomic mass is 79.9. The Kier molecular flexibility index (Phi) is 4.52. The highest BCUT2D eigenvalue weighted by Gasteiger charge is 2.32. The van der Waals surface area contributed by atoms with Crippen LogP contribution in [-0.2, 0) is 0 Å². The van der Waals surface area contributed by atoms with Crippen molar-refractivity contribution in [2.45, 2.75) is 6.18 Å². The molecule has 1 aromatic heterocycles. The molecule has 0 radical (unpaired) electrons. The van der Waals surface area contributed by atoms with Crippen molar-refractivity contribution >= 4 is 27.7 Å². The van der Waals surface area contributed by atoms with E-state index in [2.05, 4.69) is 25.9 Å². The molecule has 1 heterocycles. The van der Waals surface area contributed by atoms with Crippen molar-refractivity contribution in [2.75, 3.05) is 30.3 Å². The van der Waals surface area contributed by atoms with Gasteiger partial charge >= 0.3 is 6.18 Å². The van der Waals surface area contributed by atoms with Crippen molar-refractivity contribution in [1.82, 2.24) is 9.97 Å². The Bertz CT molecular complexity index is 388. The van der Waals surface area contributed by atoms with E-state index < -0.39 is 19.3 Å². The molecule has 9 heteroatoms. The fourth-order valence-electron chi connectivity index (χ4n) is 1.19. The maximum Gasteiger partial charge on any atom is 0.405 e. The third-order valence-electron chi connectivity index (χ3n) is 1.78. The lowest BCUT2D eigenvalue weighted by molar-refractivity contribution is -0.120. The van der Waals surface area contributed by atoms with Gasteiger partial charge in [-0.2, -0.15) is 18.2 Å². The Hall–Kier alpha value is -1.09. The van der Waals surface area contributed by atoms with E-state index in [1.165, 1.54) is 6.20 Å². The third-order valence-corrected chi connectivity index (χ3v) is 2.34. The van der Waals surface area contributed by atoms with E-state index >= 15 is 0 Å². The van der Waals surface area contributed by atoms with Gasteiger partial charge in [0.2, 0.25) is 5.95 Å². The van der Waals surface area contributed by atoms with E-state index in [1.54, 1.807) is 0 Å². The standard InChI is InChI=1S/C8H10BrF3N4O/c9-5-3-14-7(13)15-6(5)16(1-2-17)4-8(10,11)12/h3,17H,1-2,4H2,(H2,13,14,15). The van der Waals surface area contributed by atoms with E-state index in [1.807, 2.05) is 0 Å². The van der Waals surface area contributed by atoms with Gasteiger partial charge in [-0.3, -0.25) is 0 Å². The molecule has 0 aromatic carbocycles. The summed E-state index contributed by atoms with van der Waals surface area (Å²) in [5, 5.41) is 8.76. The van der Waals surface area contributed by atoms with Gasteiger partial charge in [0.05, 0.1) is 11.1 Å². The molecular weight excluding hydrogens is 305 g/mol. The summed E-state index contributed by atoms with van der Waals surface area (Å²) >= 11 is 3.04. The zero-order chi connectivity index (χ0) is 13.1. The number of nitrogen functional groups attached to an aromatic ring is 1. The second-order valence-electron chi connectivity index (χ2n) is 3.16. The van der Waals surface area contributed by atoms with Crippen LogP contribution in [0.25, 0.3) is 0 Å². The number of rotatable bonds is 4. The number of halogens is 4. The van der Waals surface area contributed by atoms with E-state index in [0.29, 0.717) is 0 Å². The molecule has 5 nitrogen and oxygen atoms in total. The van der Waals surface area contributed by atoms with Gasteiger partial charge in [0.25, 0.3) is 0 Å². The van der Waals surface area contributed by atoms with Gasteiger partial charge in [0.15, 0.2) is 0 Å². The lowest BCUT2D eigenvalue weighted by Gasteiger charge is -2.24. The predicted octanol–water partition coefficient (Wildman–Crippen LogP) is 1.18. The first-order valence-corrected chi connectivity index (χ1v) is 5.33. The second-order valence-corrected chi connectivity index (χ2v) is 4.01. The van der Waals surface area contributed by atoms with Crippen molar-refractivity contribution in [2.24, 2.45) is 0 Å². The Balaban J connectivity index is 3.00. The minimum Gasteiger partial charge on any atom is -0.395 e. The summed E-state index contributed by atoms with van der Waals surface area (Å²) in [5.41, 5.74) is 5.31. The Morgan fingerprint density at radius 1 is 1.47 bits per heavy atom. The normalized spacial score (nSPS) is 11.6. The lowest BCUT2D eigenvalue weighted by atomic mass is 10.4. The quantitative estimate of drug-likeness (QED) is 0.873. The minimum atomic E-state index is -4.39. The molecule has 0 unspecified atom stereocenters. The molecule has 0 atom stereocenters. The van der Waals surface area contributed by atoms with Crippen LogP contribution in [0.1, 0.15) is 0 Å². The number of anilines is 2. The van der Waals surface area contributed by atoms with E-state index in [4.69, 9.17) is 10.8 Å². The zero-order valence-electron chi connectivity index (χ0n) is 8.58. The summed E-state index contributed by atoms with van der Waals surface area (Å²) in [6.45, 7) is -1.84. The Labute approximate surface area is 104 Å². The van der Waals surface area contributed by atoms with E-state index in [-0.39, 0.29) is 22.8 Å². The first-order valence-electron chi connectivity index (χ1n) is 4.54. The zero-order valence-corrected chi connectivity index (χ0v) is 10.2. The molecule has 1 aromatic rings. The summed E-state index contributed by atoms with van der Waals surface area (Å²) in [6.07, 6.45) is -3.13. The monoisotopic (exact) mass is 314 g/mol. The Morgan fingerprint density at radius 2 is 2.12 bits per heavy atom. The average Bonchev–Trinajstić information content (AvgIpc) is 2.19. The summed E-state index contributed by atoms with van der Waals surface area (Å²) in [4.78, 5) is 8.22. The molecule has 0 amide bonds. The number of nitrogens with zero attached hydrogens (tertiary/aromatic N) is 3. The number of aromatic nitrogens is 2. The maximum atomic E-state index is 12.3. The smallest absolute Gasteiger partial charge is 0.395 e. The van der Waals surface area contributed by atoms with Gasteiger partial charge < -0.3 is 15.7 Å². The molecule has 0 aliphatic carbocycles. The van der Waals surface area contributed by atoms with Crippen molar-refractivity contribution in [3.8, 4) is 0 Å². The number of hydrogen-bond donors (Lipinski definition) is 2. The molecule has 1 rings (SSSR count). The largest absolute Gasteiger partial charge is 0.405 e. The van der Waals surface area contributed by atoms with E-state index in [0.717, 1.165) is 4.90 Å². The number of nitrogens with two attached hydrogens (primary N) is 1. The third kappa shape index (κ3) is 4.35. The number of aliphatic hydroxyl groups excluding tert-OH is 1. The molecule has 3 N–H and O–H groups in total. The highest BCUT2D eigenvalue weighted by Crippen LogP contribution is 2.26. The van der Waals surface area contributed by atoms with Crippen LogP contribution in [0.15, 0.2) is 10.7 Å². The molecule has 0 spiro atoms. The van der Waals surface area contributed by atoms with Gasteiger partial charge in [0.1, 0.15) is 12.4 Å². The Morgan fingerprint density at radius 3 is 2.65 bits per heavy atom. The van der Waals surface area contributed by atoms with Crippen LogP contribution < -0.4 is 10.6 Å². The molecule has 0 saturated carbocycles. The molecule has 0 bridgehead atoms. The van der Waals surface area contributed by atoms with Crippen molar-refractivity contribution in [3.63, 3.8) is 0 Å². The van der Waals surface area contributed by atoms with Crippen molar-refractivity contribution < 1.29 is 18.3 Å². The molecule has 0 aliphatic heterocycles. The van der Waals surface area contributed by atoms with Crippen LogP contribution in [0.3, 0.4) is 0 Å². The average molecular weight is 315 g/mol. The van der Waals surface area contributed by atoms with E-state index in [9.17, 15) is 13.2 Å². The number of hydrogen-bond acceptors (Lipinski definition) is 5. The molecular formula is C8H10BrF3N4O. The van der Waals surface area contributed by atoms with Gasteiger partial charge in [-0.05, 0) is 15.9 Å². The maximum absolute atomic E-state index is 12.3. The number of alkyl halides is 3. The number of aliphatic hydroxyl groups is 1. The fraction of sp³-hybridized carbons (Fsp3) is 0.500. The van der Waals surface area contributed by atoms with Gasteiger partial charge in [0, 0.05) is 12.7 Å². The fourth-order valence-corrected chi connectivity index (χ4v) is 1.63. The topological polar surface area (TPSA) is 75.3 Å². The van der Waals surface area contributed by atoms with Crippen LogP contribution in [0.4, 0.5) is 24.9 Å². The lowest BCUT2D eigenvalue weighted by Crippen LogP contribution is -2.37. The van der Waals surface area contributed by atoms with Gasteiger partial charge in [-0.25, -0.2) is 4.98 Å². The second kappa shape index (κ2) is 5.50. The molecule has 0 fully saturated rings. The van der Waals surface area contributed by atoms with Crippen LogP contribution in [0.2, 0.25) is 0 Å². The summed E-state index contributed by atoms with van der Waals surface area (Å²) in [5.74, 6) is -0.128. The van der Waals surface area contributed by atoms with Crippen LogP contribution in [0.5, 0.6) is 0 Å². The van der Waals surface area contributed by atoms with Crippen LogP contribution in [-0.4, -0.2) is 40.9 Å². The molecule has 17 heavy (non-hydrogen) atoms. The summed E-state index contributed by atoms with van der Waals surface area (Å²) in [7, 11) is 0. The SMILES string of the molecule is Nc1ncc(Br)c(N(CCO)CC(F)(F)F)n1. The highest BCUT2D eigenvalue weighted by molar-refractivity contribution is 9.10. The van der Waals surface area contributed by atoms with Crippen LogP contribution in [0, 0.1) is 0 Å². The molecule has 96 valence electrons. The minimum absolute atomic E-state index is 0.00359. The predicted molar refractivity (Wildman–Crippen MR) is 59.5 cm³/mol. The molecule has 0 saturated heterocycles. The summed E-state index contributed by atoms with van der Waals surface area (Å²) < 4.78 is 37.3. The molecule has 0 aliphatic rings. The summed E-state index contributed by atoms with van der Waals surface area (Å²) in [6, 6.07) is 0. The van der Waals surface area contributed by atoms with Crippen molar-refractivity contribution in [1.29, 1.82) is 0 Å². The van der Waals surface area contributed by atoms with Crippen molar-refractivity contribution in [3.05, 3.63) is 10.7 Å². The van der Waals surface area contributed by atoms with Gasteiger partial charge in [-0.1, -0.05) is 0 Å². The van der Waals surface area contributed by atoms with Crippen LogP contribution >= 0.6 is 15.9 Å². The first kappa shape index (κ1) is 14.0. The first-order chi connectivity index (χ1) is 7.83. The van der Waals surface area contributed by atoms with Gasteiger partial charge in [-0.15, -0.1) is 0 Å².